The number of nitrogens with zero attached hydrogens (tertiary/aromatic N) is 1. The van der Waals surface area contributed by atoms with Crippen molar-refractivity contribution in [3.05, 3.63) is 0 Å². The average molecular weight is 254 g/mol. The topological polar surface area (TPSA) is 15.3 Å². The number of rotatable bonds is 9. The first kappa shape index (κ1) is 16.0. The normalized spacial score (nSPS) is 21.3. The van der Waals surface area contributed by atoms with Gasteiger partial charge in [0.25, 0.3) is 0 Å². The lowest BCUT2D eigenvalue weighted by Crippen LogP contribution is -2.44. The molecule has 2 heteroatoms. The molecule has 0 saturated heterocycles. The van der Waals surface area contributed by atoms with Crippen LogP contribution >= 0.6 is 0 Å². The number of hydrogen-bond donors (Lipinski definition) is 1. The zero-order valence-electron chi connectivity index (χ0n) is 13.4. The smallest absolute Gasteiger partial charge is 0.00684 e. The van der Waals surface area contributed by atoms with E-state index >= 15 is 0 Å². The first-order valence-electron chi connectivity index (χ1n) is 7.80. The van der Waals surface area contributed by atoms with Crippen LogP contribution < -0.4 is 5.32 Å². The van der Waals surface area contributed by atoms with Crippen molar-refractivity contribution in [1.82, 2.24) is 10.2 Å². The first-order chi connectivity index (χ1) is 8.36. The van der Waals surface area contributed by atoms with Crippen LogP contribution in [0.15, 0.2) is 0 Å². The Hall–Kier alpha value is -0.0800. The van der Waals surface area contributed by atoms with Gasteiger partial charge in [-0.3, -0.25) is 0 Å². The van der Waals surface area contributed by atoms with Crippen molar-refractivity contribution in [1.29, 1.82) is 0 Å². The zero-order valence-corrected chi connectivity index (χ0v) is 13.4. The predicted octanol–water partition coefficient (Wildman–Crippen LogP) is 3.52. The molecule has 18 heavy (non-hydrogen) atoms. The Bertz CT molecular complexity index is 235. The maximum Gasteiger partial charge on any atom is 0.00684 e. The van der Waals surface area contributed by atoms with Crippen LogP contribution in [-0.4, -0.2) is 37.1 Å². The van der Waals surface area contributed by atoms with Gasteiger partial charge >= 0.3 is 0 Å². The van der Waals surface area contributed by atoms with Gasteiger partial charge in [0.2, 0.25) is 0 Å². The Morgan fingerprint density at radius 3 is 2.33 bits per heavy atom. The van der Waals surface area contributed by atoms with E-state index in [1.165, 1.54) is 38.8 Å². The van der Waals surface area contributed by atoms with E-state index < -0.39 is 0 Å². The molecule has 0 aromatic heterocycles. The quantitative estimate of drug-likeness (QED) is 0.677. The van der Waals surface area contributed by atoms with E-state index in [0.717, 1.165) is 12.0 Å². The molecule has 1 aliphatic rings. The van der Waals surface area contributed by atoms with E-state index in [-0.39, 0.29) is 0 Å². The fourth-order valence-electron chi connectivity index (χ4n) is 2.59. The molecule has 108 valence electrons. The van der Waals surface area contributed by atoms with Crippen LogP contribution in [-0.2, 0) is 0 Å². The van der Waals surface area contributed by atoms with Gasteiger partial charge in [0, 0.05) is 25.2 Å². The lowest BCUT2D eigenvalue weighted by molar-refractivity contribution is 0.135. The number of hydrogen-bond acceptors (Lipinski definition) is 2. The summed E-state index contributed by atoms with van der Waals surface area (Å²) >= 11 is 0. The van der Waals surface area contributed by atoms with Crippen molar-refractivity contribution in [2.45, 2.75) is 72.4 Å². The molecule has 0 spiro atoms. The van der Waals surface area contributed by atoms with Crippen LogP contribution in [0.5, 0.6) is 0 Å². The van der Waals surface area contributed by atoms with Gasteiger partial charge in [0.15, 0.2) is 0 Å². The Kier molecular flexibility index (Phi) is 6.13. The SMILES string of the molecule is CCC(C)(CNC1CC1)CN(C)C(C)CC(C)C. The summed E-state index contributed by atoms with van der Waals surface area (Å²) < 4.78 is 0. The van der Waals surface area contributed by atoms with E-state index in [0.29, 0.717) is 11.5 Å². The summed E-state index contributed by atoms with van der Waals surface area (Å²) in [5.41, 5.74) is 0.419. The second kappa shape index (κ2) is 6.91. The van der Waals surface area contributed by atoms with E-state index in [4.69, 9.17) is 0 Å². The summed E-state index contributed by atoms with van der Waals surface area (Å²) in [5.74, 6) is 0.792. The highest BCUT2D eigenvalue weighted by molar-refractivity contribution is 4.87. The molecule has 1 N–H and O–H groups in total. The lowest BCUT2D eigenvalue weighted by atomic mass is 9.86. The van der Waals surface area contributed by atoms with Crippen molar-refractivity contribution < 1.29 is 0 Å². The van der Waals surface area contributed by atoms with Crippen molar-refractivity contribution >= 4 is 0 Å². The zero-order chi connectivity index (χ0) is 13.8. The molecule has 2 atom stereocenters. The fourth-order valence-corrected chi connectivity index (χ4v) is 2.59. The molecule has 1 rings (SSSR count). The minimum atomic E-state index is 0.419. The third-order valence-corrected chi connectivity index (χ3v) is 4.44. The molecule has 1 fully saturated rings. The molecule has 1 aliphatic carbocycles. The Morgan fingerprint density at radius 2 is 1.89 bits per heavy atom. The molecule has 2 nitrogen and oxygen atoms in total. The second-order valence-corrected chi connectivity index (χ2v) is 7.21. The fraction of sp³-hybridized carbons (Fsp3) is 1.00. The monoisotopic (exact) mass is 254 g/mol. The minimum absolute atomic E-state index is 0.419. The largest absolute Gasteiger partial charge is 0.313 e. The third kappa shape index (κ3) is 5.71. The molecular weight excluding hydrogens is 220 g/mol. The van der Waals surface area contributed by atoms with Crippen molar-refractivity contribution in [2.24, 2.45) is 11.3 Å². The van der Waals surface area contributed by atoms with Gasteiger partial charge in [-0.15, -0.1) is 0 Å². The number of nitrogens with one attached hydrogen (secondary N) is 1. The van der Waals surface area contributed by atoms with Gasteiger partial charge in [0.1, 0.15) is 0 Å². The second-order valence-electron chi connectivity index (χ2n) is 7.21. The maximum atomic E-state index is 3.71. The van der Waals surface area contributed by atoms with Crippen molar-refractivity contribution in [3.8, 4) is 0 Å². The first-order valence-corrected chi connectivity index (χ1v) is 7.80. The summed E-state index contributed by atoms with van der Waals surface area (Å²) in [6.07, 6.45) is 5.33. The highest BCUT2D eigenvalue weighted by atomic mass is 15.1. The summed E-state index contributed by atoms with van der Waals surface area (Å²) in [7, 11) is 2.29. The Balaban J connectivity index is 2.38. The van der Waals surface area contributed by atoms with E-state index in [9.17, 15) is 0 Å². The summed E-state index contributed by atoms with van der Waals surface area (Å²) in [6.45, 7) is 14.1. The van der Waals surface area contributed by atoms with Crippen LogP contribution in [0.2, 0.25) is 0 Å². The van der Waals surface area contributed by atoms with Crippen molar-refractivity contribution in [3.63, 3.8) is 0 Å². The van der Waals surface area contributed by atoms with Crippen LogP contribution in [0.4, 0.5) is 0 Å². The summed E-state index contributed by atoms with van der Waals surface area (Å²) in [5, 5.41) is 3.71. The highest BCUT2D eigenvalue weighted by Gasteiger charge is 2.29. The van der Waals surface area contributed by atoms with Gasteiger partial charge < -0.3 is 10.2 Å². The summed E-state index contributed by atoms with van der Waals surface area (Å²) in [6, 6.07) is 1.52. The molecule has 0 radical (unpaired) electrons. The van der Waals surface area contributed by atoms with E-state index in [2.05, 4.69) is 51.9 Å². The predicted molar refractivity (Wildman–Crippen MR) is 81.0 cm³/mol. The highest BCUT2D eigenvalue weighted by Crippen LogP contribution is 2.26. The van der Waals surface area contributed by atoms with Crippen LogP contribution in [0, 0.1) is 11.3 Å². The standard InChI is InChI=1S/C16H34N2/c1-7-16(5,11-17-15-8-9-15)12-18(6)14(4)10-13(2)3/h13-15,17H,7-12H2,1-6H3. The maximum absolute atomic E-state index is 3.71. The molecule has 0 aromatic rings. The molecule has 0 amide bonds. The van der Waals surface area contributed by atoms with Crippen LogP contribution in [0.3, 0.4) is 0 Å². The van der Waals surface area contributed by atoms with E-state index in [1.807, 2.05) is 0 Å². The average Bonchev–Trinajstić information content (AvgIpc) is 3.09. The molecule has 0 bridgehead atoms. The third-order valence-electron chi connectivity index (χ3n) is 4.44. The summed E-state index contributed by atoms with van der Waals surface area (Å²) in [4.78, 5) is 2.55. The van der Waals surface area contributed by atoms with Gasteiger partial charge in [-0.1, -0.05) is 27.7 Å². The van der Waals surface area contributed by atoms with Crippen LogP contribution in [0.1, 0.15) is 60.3 Å². The van der Waals surface area contributed by atoms with Gasteiger partial charge in [-0.05, 0) is 51.0 Å². The minimum Gasteiger partial charge on any atom is -0.313 e. The van der Waals surface area contributed by atoms with Gasteiger partial charge in [0.05, 0.1) is 0 Å². The molecule has 0 heterocycles. The van der Waals surface area contributed by atoms with Gasteiger partial charge in [-0.25, -0.2) is 0 Å². The molecular formula is C16H34N2. The molecule has 1 saturated carbocycles. The lowest BCUT2D eigenvalue weighted by Gasteiger charge is -2.36. The molecule has 0 aromatic carbocycles. The van der Waals surface area contributed by atoms with Gasteiger partial charge in [-0.2, -0.15) is 0 Å². The molecule has 2 unspecified atom stereocenters. The molecule has 0 aliphatic heterocycles. The van der Waals surface area contributed by atoms with Crippen LogP contribution in [0.25, 0.3) is 0 Å². The Morgan fingerprint density at radius 1 is 1.28 bits per heavy atom. The van der Waals surface area contributed by atoms with Crippen molar-refractivity contribution in [2.75, 3.05) is 20.1 Å². The van der Waals surface area contributed by atoms with E-state index in [1.54, 1.807) is 0 Å². The Labute approximate surface area is 115 Å².